The molecule has 0 fully saturated rings. The SMILES string of the molecule is CCCCCCCCOC(=O)[C@@H](C)c1ccc2cc(OC(=O)c3ccc(OCCCCCCCC)cc3)ccc2c1. The van der Waals surface area contributed by atoms with Crippen molar-refractivity contribution in [1.29, 1.82) is 0 Å². The van der Waals surface area contributed by atoms with Gasteiger partial charge in [0.1, 0.15) is 11.5 Å². The molecule has 3 aromatic carbocycles. The second-order valence-electron chi connectivity index (χ2n) is 11.0. The van der Waals surface area contributed by atoms with E-state index in [9.17, 15) is 9.59 Å². The number of hydrogen-bond acceptors (Lipinski definition) is 5. The van der Waals surface area contributed by atoms with Crippen molar-refractivity contribution in [1.82, 2.24) is 0 Å². The molecular formula is C36H48O5. The summed E-state index contributed by atoms with van der Waals surface area (Å²) in [5, 5.41) is 1.91. The van der Waals surface area contributed by atoms with E-state index in [1.807, 2.05) is 49.4 Å². The molecule has 0 radical (unpaired) electrons. The Morgan fingerprint density at radius 2 is 1.20 bits per heavy atom. The van der Waals surface area contributed by atoms with E-state index in [0.717, 1.165) is 41.3 Å². The fourth-order valence-electron chi connectivity index (χ4n) is 4.82. The molecule has 0 saturated carbocycles. The molecular weight excluding hydrogens is 512 g/mol. The Bertz CT molecular complexity index is 1200. The van der Waals surface area contributed by atoms with Crippen LogP contribution in [0.4, 0.5) is 0 Å². The predicted octanol–water partition coefficient (Wildman–Crippen LogP) is 9.81. The number of rotatable bonds is 19. The molecule has 0 saturated heterocycles. The van der Waals surface area contributed by atoms with Crippen LogP contribution in [0.25, 0.3) is 10.8 Å². The largest absolute Gasteiger partial charge is 0.494 e. The Hall–Kier alpha value is -3.34. The van der Waals surface area contributed by atoms with Crippen LogP contribution in [0, 0.1) is 0 Å². The van der Waals surface area contributed by atoms with Gasteiger partial charge in [-0.3, -0.25) is 4.79 Å². The molecule has 0 unspecified atom stereocenters. The first kappa shape index (κ1) is 32.2. The minimum Gasteiger partial charge on any atom is -0.494 e. The highest BCUT2D eigenvalue weighted by molar-refractivity contribution is 5.92. The Morgan fingerprint density at radius 3 is 1.88 bits per heavy atom. The highest BCUT2D eigenvalue weighted by Gasteiger charge is 2.17. The third-order valence-electron chi connectivity index (χ3n) is 7.50. The van der Waals surface area contributed by atoms with Gasteiger partial charge in [0.05, 0.1) is 24.7 Å². The summed E-state index contributed by atoms with van der Waals surface area (Å²) in [5.74, 6) is 0.296. The van der Waals surface area contributed by atoms with Gasteiger partial charge >= 0.3 is 11.9 Å². The summed E-state index contributed by atoms with van der Waals surface area (Å²) in [4.78, 5) is 25.3. The van der Waals surface area contributed by atoms with E-state index < -0.39 is 5.97 Å². The summed E-state index contributed by atoms with van der Waals surface area (Å²) in [6.45, 7) is 7.48. The van der Waals surface area contributed by atoms with Crippen molar-refractivity contribution in [2.75, 3.05) is 13.2 Å². The molecule has 41 heavy (non-hydrogen) atoms. The summed E-state index contributed by atoms with van der Waals surface area (Å²) >= 11 is 0. The number of carbonyl (C=O) groups is 2. The van der Waals surface area contributed by atoms with Crippen molar-refractivity contribution >= 4 is 22.7 Å². The Balaban J connectivity index is 1.46. The highest BCUT2D eigenvalue weighted by atomic mass is 16.5. The minimum absolute atomic E-state index is 0.192. The lowest BCUT2D eigenvalue weighted by atomic mass is 9.98. The third-order valence-corrected chi connectivity index (χ3v) is 7.50. The first-order chi connectivity index (χ1) is 20.0. The number of benzene rings is 3. The molecule has 1 atom stereocenters. The number of fused-ring (bicyclic) bond motifs is 1. The van der Waals surface area contributed by atoms with Crippen molar-refractivity contribution in [2.24, 2.45) is 0 Å². The van der Waals surface area contributed by atoms with Crippen LogP contribution >= 0.6 is 0 Å². The van der Waals surface area contributed by atoms with E-state index in [1.54, 1.807) is 18.2 Å². The number of carbonyl (C=O) groups excluding carboxylic acids is 2. The van der Waals surface area contributed by atoms with Gasteiger partial charge in [0.15, 0.2) is 0 Å². The van der Waals surface area contributed by atoms with E-state index in [1.165, 1.54) is 57.8 Å². The van der Waals surface area contributed by atoms with Gasteiger partial charge in [-0.25, -0.2) is 4.79 Å². The maximum Gasteiger partial charge on any atom is 0.343 e. The topological polar surface area (TPSA) is 61.8 Å². The zero-order valence-electron chi connectivity index (χ0n) is 25.3. The molecule has 0 N–H and O–H groups in total. The van der Waals surface area contributed by atoms with Gasteiger partial charge in [-0.05, 0) is 72.5 Å². The number of hydrogen-bond donors (Lipinski definition) is 0. The van der Waals surface area contributed by atoms with E-state index >= 15 is 0 Å². The van der Waals surface area contributed by atoms with Gasteiger partial charge in [-0.1, -0.05) is 102 Å². The summed E-state index contributed by atoms with van der Waals surface area (Å²) in [5.41, 5.74) is 1.38. The molecule has 0 spiro atoms. The lowest BCUT2D eigenvalue weighted by molar-refractivity contribution is -0.145. The van der Waals surface area contributed by atoms with Crippen molar-refractivity contribution in [3.8, 4) is 11.5 Å². The average molecular weight is 561 g/mol. The number of ether oxygens (including phenoxy) is 3. The Kier molecular flexibility index (Phi) is 14.3. The lowest BCUT2D eigenvalue weighted by Gasteiger charge is -2.13. The second kappa shape index (κ2) is 18.2. The zero-order valence-corrected chi connectivity index (χ0v) is 25.3. The van der Waals surface area contributed by atoms with Crippen LogP contribution in [-0.2, 0) is 9.53 Å². The first-order valence-electron chi connectivity index (χ1n) is 15.7. The summed E-state index contributed by atoms with van der Waals surface area (Å²) in [6.07, 6.45) is 14.3. The summed E-state index contributed by atoms with van der Waals surface area (Å²) in [7, 11) is 0. The fraction of sp³-hybridized carbons (Fsp3) is 0.500. The molecule has 0 aliphatic rings. The van der Waals surface area contributed by atoms with Crippen LogP contribution in [0.5, 0.6) is 11.5 Å². The fourth-order valence-corrected chi connectivity index (χ4v) is 4.82. The summed E-state index contributed by atoms with van der Waals surface area (Å²) in [6, 6.07) is 18.5. The van der Waals surface area contributed by atoms with Crippen LogP contribution < -0.4 is 9.47 Å². The molecule has 0 aliphatic carbocycles. The zero-order chi connectivity index (χ0) is 29.3. The van der Waals surface area contributed by atoms with E-state index in [4.69, 9.17) is 14.2 Å². The van der Waals surface area contributed by atoms with Crippen LogP contribution in [0.15, 0.2) is 60.7 Å². The number of esters is 2. The minimum atomic E-state index is -0.412. The van der Waals surface area contributed by atoms with E-state index in [0.29, 0.717) is 24.5 Å². The predicted molar refractivity (Wildman–Crippen MR) is 167 cm³/mol. The molecule has 3 aromatic rings. The molecule has 0 aromatic heterocycles. The van der Waals surface area contributed by atoms with Crippen molar-refractivity contribution in [2.45, 2.75) is 104 Å². The lowest BCUT2D eigenvalue weighted by Crippen LogP contribution is -2.14. The molecule has 5 nitrogen and oxygen atoms in total. The smallest absolute Gasteiger partial charge is 0.343 e. The molecule has 5 heteroatoms. The first-order valence-corrected chi connectivity index (χ1v) is 15.7. The van der Waals surface area contributed by atoms with Crippen LogP contribution in [0.3, 0.4) is 0 Å². The quantitative estimate of drug-likeness (QED) is 0.0829. The molecule has 0 amide bonds. The van der Waals surface area contributed by atoms with Crippen LogP contribution in [0.2, 0.25) is 0 Å². The second-order valence-corrected chi connectivity index (χ2v) is 11.0. The van der Waals surface area contributed by atoms with Crippen molar-refractivity contribution in [3.63, 3.8) is 0 Å². The maximum absolute atomic E-state index is 12.7. The van der Waals surface area contributed by atoms with Gasteiger partial charge in [0.25, 0.3) is 0 Å². The molecule has 0 heterocycles. The standard InChI is InChI=1S/C36H48O5/c1-4-6-8-10-12-14-24-39-33-21-18-29(19-22-33)36(38)41-34-23-20-31-26-30(16-17-32(31)27-34)28(3)35(37)40-25-15-13-11-9-7-5-2/h16-23,26-28H,4-15,24-25H2,1-3H3/t28-/m0/s1. The van der Waals surface area contributed by atoms with Gasteiger partial charge in [0.2, 0.25) is 0 Å². The number of unbranched alkanes of at least 4 members (excludes halogenated alkanes) is 10. The van der Waals surface area contributed by atoms with E-state index in [-0.39, 0.29) is 11.9 Å². The maximum atomic E-state index is 12.7. The van der Waals surface area contributed by atoms with Crippen molar-refractivity contribution in [3.05, 3.63) is 71.8 Å². The van der Waals surface area contributed by atoms with E-state index in [2.05, 4.69) is 13.8 Å². The molecule has 3 rings (SSSR count). The monoisotopic (exact) mass is 560 g/mol. The average Bonchev–Trinajstić information content (AvgIpc) is 2.99. The van der Waals surface area contributed by atoms with Gasteiger partial charge in [-0.15, -0.1) is 0 Å². The third kappa shape index (κ3) is 11.2. The van der Waals surface area contributed by atoms with Gasteiger partial charge in [0, 0.05) is 0 Å². The van der Waals surface area contributed by atoms with Gasteiger partial charge in [-0.2, -0.15) is 0 Å². The van der Waals surface area contributed by atoms with Crippen molar-refractivity contribution < 1.29 is 23.8 Å². The van der Waals surface area contributed by atoms with Crippen LogP contribution in [-0.4, -0.2) is 25.2 Å². The highest BCUT2D eigenvalue weighted by Crippen LogP contribution is 2.27. The molecule has 222 valence electrons. The van der Waals surface area contributed by atoms with Crippen LogP contribution in [0.1, 0.15) is 120 Å². The molecule has 0 bridgehead atoms. The Labute approximate surface area is 246 Å². The van der Waals surface area contributed by atoms with Gasteiger partial charge < -0.3 is 14.2 Å². The Morgan fingerprint density at radius 1 is 0.634 bits per heavy atom. The normalized spacial score (nSPS) is 11.8. The summed E-state index contributed by atoms with van der Waals surface area (Å²) < 4.78 is 17.0. The molecule has 0 aliphatic heterocycles.